The van der Waals surface area contributed by atoms with Crippen molar-refractivity contribution in [1.82, 2.24) is 4.98 Å². The average molecular weight is 365 g/mol. The van der Waals surface area contributed by atoms with E-state index in [0.29, 0.717) is 0 Å². The molecule has 100 valence electrons. The van der Waals surface area contributed by atoms with Gasteiger partial charge in [0.15, 0.2) is 0 Å². The monoisotopic (exact) mass is 363 g/mol. The SMILES string of the molecule is Clc1ccc(Br)cc1Cc1ncc(-c2ccccc2)s1. The molecular formula is C16H11BrClNS. The summed E-state index contributed by atoms with van der Waals surface area (Å²) in [6.07, 6.45) is 2.69. The first-order valence-electron chi connectivity index (χ1n) is 6.16. The smallest absolute Gasteiger partial charge is 0.0975 e. The Morgan fingerprint density at radius 3 is 2.70 bits per heavy atom. The van der Waals surface area contributed by atoms with Gasteiger partial charge in [0.2, 0.25) is 0 Å². The number of benzene rings is 2. The number of thiazole rings is 1. The van der Waals surface area contributed by atoms with Crippen molar-refractivity contribution in [2.24, 2.45) is 0 Å². The third-order valence-electron chi connectivity index (χ3n) is 2.96. The molecule has 1 aromatic heterocycles. The lowest BCUT2D eigenvalue weighted by Gasteiger charge is -2.02. The van der Waals surface area contributed by atoms with E-state index in [1.165, 1.54) is 10.4 Å². The number of nitrogens with zero attached hydrogens (tertiary/aromatic N) is 1. The van der Waals surface area contributed by atoms with Crippen molar-refractivity contribution in [2.45, 2.75) is 6.42 Å². The zero-order valence-corrected chi connectivity index (χ0v) is 13.7. The first-order valence-corrected chi connectivity index (χ1v) is 8.15. The first-order chi connectivity index (χ1) is 9.72. The minimum Gasteiger partial charge on any atom is -0.249 e. The van der Waals surface area contributed by atoms with Gasteiger partial charge in [0.05, 0.1) is 9.88 Å². The molecule has 2 aromatic carbocycles. The molecule has 0 radical (unpaired) electrons. The van der Waals surface area contributed by atoms with E-state index in [9.17, 15) is 0 Å². The zero-order chi connectivity index (χ0) is 13.9. The molecule has 0 aliphatic rings. The van der Waals surface area contributed by atoms with Crippen LogP contribution >= 0.6 is 38.9 Å². The minimum atomic E-state index is 0.760. The summed E-state index contributed by atoms with van der Waals surface area (Å²) >= 11 is 11.4. The van der Waals surface area contributed by atoms with Gasteiger partial charge in [-0.1, -0.05) is 57.9 Å². The summed E-state index contributed by atoms with van der Waals surface area (Å²) in [5.74, 6) is 0. The van der Waals surface area contributed by atoms with Crippen LogP contribution in [0.4, 0.5) is 0 Å². The third kappa shape index (κ3) is 3.11. The molecule has 0 amide bonds. The molecule has 0 aliphatic heterocycles. The number of aromatic nitrogens is 1. The van der Waals surface area contributed by atoms with Gasteiger partial charge in [-0.25, -0.2) is 4.98 Å². The van der Waals surface area contributed by atoms with E-state index in [0.717, 1.165) is 26.5 Å². The second-order valence-electron chi connectivity index (χ2n) is 4.40. The van der Waals surface area contributed by atoms with E-state index >= 15 is 0 Å². The molecule has 1 nitrogen and oxygen atoms in total. The predicted octanol–water partition coefficient (Wildman–Crippen LogP) is 5.82. The van der Waals surface area contributed by atoms with E-state index in [2.05, 4.69) is 33.0 Å². The topological polar surface area (TPSA) is 12.9 Å². The van der Waals surface area contributed by atoms with Crippen molar-refractivity contribution in [1.29, 1.82) is 0 Å². The zero-order valence-electron chi connectivity index (χ0n) is 10.5. The van der Waals surface area contributed by atoms with E-state index in [4.69, 9.17) is 11.6 Å². The highest BCUT2D eigenvalue weighted by atomic mass is 79.9. The van der Waals surface area contributed by atoms with Crippen molar-refractivity contribution in [3.63, 3.8) is 0 Å². The van der Waals surface area contributed by atoms with Crippen LogP contribution in [0.25, 0.3) is 10.4 Å². The van der Waals surface area contributed by atoms with Crippen LogP contribution in [0.3, 0.4) is 0 Å². The van der Waals surface area contributed by atoms with Crippen LogP contribution in [0, 0.1) is 0 Å². The molecule has 1 heterocycles. The molecule has 0 fully saturated rings. The highest BCUT2D eigenvalue weighted by molar-refractivity contribution is 9.10. The van der Waals surface area contributed by atoms with Gasteiger partial charge in [-0.3, -0.25) is 0 Å². The maximum Gasteiger partial charge on any atom is 0.0975 e. The molecule has 3 aromatic rings. The minimum absolute atomic E-state index is 0.760. The van der Waals surface area contributed by atoms with Gasteiger partial charge in [0, 0.05) is 22.1 Å². The maximum absolute atomic E-state index is 6.23. The Kier molecular flexibility index (Phi) is 4.20. The molecule has 0 N–H and O–H groups in total. The Morgan fingerprint density at radius 2 is 1.90 bits per heavy atom. The largest absolute Gasteiger partial charge is 0.249 e. The lowest BCUT2D eigenvalue weighted by Crippen LogP contribution is -1.88. The predicted molar refractivity (Wildman–Crippen MR) is 89.5 cm³/mol. The van der Waals surface area contributed by atoms with Crippen LogP contribution < -0.4 is 0 Å². The molecule has 4 heteroatoms. The Hall–Kier alpha value is -1.16. The summed E-state index contributed by atoms with van der Waals surface area (Å²) in [6.45, 7) is 0. The summed E-state index contributed by atoms with van der Waals surface area (Å²) in [6, 6.07) is 16.2. The van der Waals surface area contributed by atoms with Crippen LogP contribution in [0.15, 0.2) is 59.2 Å². The van der Waals surface area contributed by atoms with Crippen LogP contribution in [0.2, 0.25) is 5.02 Å². The van der Waals surface area contributed by atoms with Crippen LogP contribution in [0.5, 0.6) is 0 Å². The molecular weight excluding hydrogens is 354 g/mol. The van der Waals surface area contributed by atoms with Crippen molar-refractivity contribution in [3.8, 4) is 10.4 Å². The Balaban J connectivity index is 1.86. The fourth-order valence-electron chi connectivity index (χ4n) is 1.97. The average Bonchev–Trinajstić information content (AvgIpc) is 2.92. The Bertz CT molecular complexity index is 724. The number of hydrogen-bond donors (Lipinski definition) is 0. The van der Waals surface area contributed by atoms with E-state index in [-0.39, 0.29) is 0 Å². The summed E-state index contributed by atoms with van der Waals surface area (Å²) < 4.78 is 1.04. The molecule has 0 bridgehead atoms. The quantitative estimate of drug-likeness (QED) is 0.571. The molecule has 0 atom stereocenters. The van der Waals surface area contributed by atoms with Gasteiger partial charge < -0.3 is 0 Å². The second kappa shape index (κ2) is 6.08. The van der Waals surface area contributed by atoms with E-state index < -0.39 is 0 Å². The van der Waals surface area contributed by atoms with Crippen molar-refractivity contribution < 1.29 is 0 Å². The molecule has 0 saturated heterocycles. The molecule has 0 unspecified atom stereocenters. The normalized spacial score (nSPS) is 10.7. The van der Waals surface area contributed by atoms with E-state index in [1.807, 2.05) is 42.6 Å². The van der Waals surface area contributed by atoms with E-state index in [1.54, 1.807) is 11.3 Å². The fraction of sp³-hybridized carbons (Fsp3) is 0.0625. The Morgan fingerprint density at radius 1 is 1.10 bits per heavy atom. The number of rotatable bonds is 3. The summed E-state index contributed by atoms with van der Waals surface area (Å²) in [7, 11) is 0. The molecule has 0 aliphatic carbocycles. The van der Waals surface area contributed by atoms with Crippen LogP contribution in [-0.4, -0.2) is 4.98 Å². The van der Waals surface area contributed by atoms with Crippen molar-refractivity contribution in [3.05, 3.63) is 74.8 Å². The lowest BCUT2D eigenvalue weighted by molar-refractivity contribution is 1.14. The van der Waals surface area contributed by atoms with Crippen molar-refractivity contribution >= 4 is 38.9 Å². The Labute approximate surface area is 135 Å². The molecule has 20 heavy (non-hydrogen) atoms. The second-order valence-corrected chi connectivity index (χ2v) is 6.83. The molecule has 3 rings (SSSR count). The van der Waals surface area contributed by atoms with Gasteiger partial charge >= 0.3 is 0 Å². The lowest BCUT2D eigenvalue weighted by atomic mass is 10.2. The van der Waals surface area contributed by atoms with Gasteiger partial charge in [-0.05, 0) is 29.3 Å². The van der Waals surface area contributed by atoms with Gasteiger partial charge in [-0.2, -0.15) is 0 Å². The van der Waals surface area contributed by atoms with Crippen LogP contribution in [0.1, 0.15) is 10.6 Å². The van der Waals surface area contributed by atoms with Gasteiger partial charge in [0.1, 0.15) is 0 Å². The summed E-state index contributed by atoms with van der Waals surface area (Å²) in [5.41, 5.74) is 2.30. The highest BCUT2D eigenvalue weighted by Crippen LogP contribution is 2.29. The van der Waals surface area contributed by atoms with Gasteiger partial charge in [0.25, 0.3) is 0 Å². The van der Waals surface area contributed by atoms with Crippen molar-refractivity contribution in [2.75, 3.05) is 0 Å². The van der Waals surface area contributed by atoms with Gasteiger partial charge in [-0.15, -0.1) is 11.3 Å². The maximum atomic E-state index is 6.23. The summed E-state index contributed by atoms with van der Waals surface area (Å²) in [4.78, 5) is 5.69. The number of hydrogen-bond acceptors (Lipinski definition) is 2. The molecule has 0 spiro atoms. The third-order valence-corrected chi connectivity index (χ3v) is 4.87. The van der Waals surface area contributed by atoms with Crippen LogP contribution in [-0.2, 0) is 6.42 Å². The summed E-state index contributed by atoms with van der Waals surface area (Å²) in [5, 5.41) is 1.86. The first kappa shape index (κ1) is 13.8. The highest BCUT2D eigenvalue weighted by Gasteiger charge is 2.08. The number of halogens is 2. The standard InChI is InChI=1S/C16H11BrClNS/c17-13-6-7-14(18)12(8-13)9-16-19-10-15(20-16)11-4-2-1-3-5-11/h1-8,10H,9H2. The molecule has 0 saturated carbocycles. The fourth-order valence-corrected chi connectivity index (χ4v) is 3.51.